The maximum absolute atomic E-state index is 12.2. The minimum Gasteiger partial charge on any atom is -0.348 e. The van der Waals surface area contributed by atoms with Crippen molar-refractivity contribution in [3.8, 4) is 0 Å². The molecule has 1 unspecified atom stereocenters. The molecule has 2 aromatic rings. The number of nitrogens with one attached hydrogen (secondary N) is 3. The molecule has 1 aromatic carbocycles. The van der Waals surface area contributed by atoms with Crippen molar-refractivity contribution in [1.82, 2.24) is 20.6 Å². The van der Waals surface area contributed by atoms with Crippen molar-refractivity contribution < 1.29 is 9.59 Å². The van der Waals surface area contributed by atoms with Gasteiger partial charge in [-0.05, 0) is 37.2 Å². The molecule has 0 radical (unpaired) electrons. The van der Waals surface area contributed by atoms with E-state index < -0.39 is 0 Å². The summed E-state index contributed by atoms with van der Waals surface area (Å²) >= 11 is 0. The number of benzene rings is 1. The lowest BCUT2D eigenvalue weighted by Crippen LogP contribution is -2.36. The van der Waals surface area contributed by atoms with Crippen LogP contribution in [0.3, 0.4) is 0 Å². The third kappa shape index (κ3) is 4.79. The van der Waals surface area contributed by atoms with Gasteiger partial charge >= 0.3 is 0 Å². The van der Waals surface area contributed by atoms with Gasteiger partial charge in [-0.3, -0.25) is 9.59 Å². The van der Waals surface area contributed by atoms with E-state index in [1.807, 2.05) is 31.2 Å². The quantitative estimate of drug-likeness (QED) is 0.718. The molecule has 1 aromatic heterocycles. The number of nitrogens with zero attached hydrogens (tertiary/aromatic N) is 3. The summed E-state index contributed by atoms with van der Waals surface area (Å²) in [5.74, 6) is 0.296. The highest BCUT2D eigenvalue weighted by Crippen LogP contribution is 2.19. The Bertz CT molecular complexity index is 785. The molecule has 1 saturated heterocycles. The number of anilines is 3. The fourth-order valence-electron chi connectivity index (χ4n) is 2.84. The van der Waals surface area contributed by atoms with E-state index in [1.165, 1.54) is 12.4 Å². The lowest BCUT2D eigenvalue weighted by atomic mass is 10.2. The summed E-state index contributed by atoms with van der Waals surface area (Å²) in [5.41, 5.74) is 2.05. The highest BCUT2D eigenvalue weighted by atomic mass is 16.2. The summed E-state index contributed by atoms with van der Waals surface area (Å²) < 4.78 is 0. The van der Waals surface area contributed by atoms with Crippen LogP contribution in [0.5, 0.6) is 0 Å². The van der Waals surface area contributed by atoms with E-state index in [-0.39, 0.29) is 17.9 Å². The van der Waals surface area contributed by atoms with Gasteiger partial charge in [-0.15, -0.1) is 0 Å². The molecular formula is C19H24N6O2. The Morgan fingerprint density at radius 2 is 1.93 bits per heavy atom. The van der Waals surface area contributed by atoms with E-state index in [0.29, 0.717) is 17.9 Å². The summed E-state index contributed by atoms with van der Waals surface area (Å²) in [5, 5.41) is 9.25. The van der Waals surface area contributed by atoms with Crippen molar-refractivity contribution >= 4 is 29.1 Å². The topological polar surface area (TPSA) is 99.2 Å². The second kappa shape index (κ2) is 8.59. The molecule has 3 rings (SSSR count). The van der Waals surface area contributed by atoms with Gasteiger partial charge in [-0.25, -0.2) is 9.97 Å². The molecule has 1 aliphatic heterocycles. The van der Waals surface area contributed by atoms with Gasteiger partial charge in [-0.1, -0.05) is 6.92 Å². The van der Waals surface area contributed by atoms with Gasteiger partial charge in [0.2, 0.25) is 11.9 Å². The van der Waals surface area contributed by atoms with Crippen molar-refractivity contribution in [3.63, 3.8) is 0 Å². The van der Waals surface area contributed by atoms with Crippen LogP contribution in [0.2, 0.25) is 0 Å². The van der Waals surface area contributed by atoms with E-state index in [2.05, 4.69) is 25.9 Å². The third-order valence-electron chi connectivity index (χ3n) is 4.50. The van der Waals surface area contributed by atoms with Crippen LogP contribution in [0.4, 0.5) is 17.3 Å². The minimum absolute atomic E-state index is 0.0568. The maximum Gasteiger partial charge on any atom is 0.254 e. The van der Waals surface area contributed by atoms with Crippen LogP contribution in [0.15, 0.2) is 36.7 Å². The molecule has 8 heteroatoms. The van der Waals surface area contributed by atoms with Gasteiger partial charge in [0.1, 0.15) is 0 Å². The van der Waals surface area contributed by atoms with E-state index >= 15 is 0 Å². The number of aromatic nitrogens is 2. The smallest absolute Gasteiger partial charge is 0.254 e. The van der Waals surface area contributed by atoms with Gasteiger partial charge in [0.15, 0.2) is 0 Å². The SMILES string of the molecule is CCC(=O)N(C)c1ccc(Nc2ncc(C(=O)NC3CCNC3)cn2)cc1. The van der Waals surface area contributed by atoms with Crippen LogP contribution >= 0.6 is 0 Å². The Labute approximate surface area is 158 Å². The molecule has 2 heterocycles. The number of amides is 2. The van der Waals surface area contributed by atoms with Crippen LogP contribution in [0.25, 0.3) is 0 Å². The number of hydrogen-bond donors (Lipinski definition) is 3. The number of carbonyl (C=O) groups is 2. The Morgan fingerprint density at radius 3 is 2.52 bits per heavy atom. The van der Waals surface area contributed by atoms with Gasteiger partial charge < -0.3 is 20.9 Å². The Kier molecular flexibility index (Phi) is 5.97. The molecule has 0 bridgehead atoms. The maximum atomic E-state index is 12.2. The molecule has 0 aliphatic carbocycles. The van der Waals surface area contributed by atoms with E-state index in [0.717, 1.165) is 30.9 Å². The summed E-state index contributed by atoms with van der Waals surface area (Å²) in [7, 11) is 1.75. The normalized spacial score (nSPS) is 16.0. The van der Waals surface area contributed by atoms with Gasteiger partial charge in [0.05, 0.1) is 5.56 Å². The van der Waals surface area contributed by atoms with Crippen molar-refractivity contribution in [2.75, 3.05) is 30.4 Å². The Hall–Kier alpha value is -3.00. The number of hydrogen-bond acceptors (Lipinski definition) is 6. The summed E-state index contributed by atoms with van der Waals surface area (Å²) in [6, 6.07) is 7.57. The molecule has 142 valence electrons. The summed E-state index contributed by atoms with van der Waals surface area (Å²) in [6.45, 7) is 3.55. The van der Waals surface area contributed by atoms with Crippen LogP contribution in [0, 0.1) is 0 Å². The molecule has 2 amide bonds. The molecule has 1 atom stereocenters. The summed E-state index contributed by atoms with van der Waals surface area (Å²) in [4.78, 5) is 33.9. The van der Waals surface area contributed by atoms with Crippen molar-refractivity contribution in [2.24, 2.45) is 0 Å². The monoisotopic (exact) mass is 368 g/mol. The molecule has 8 nitrogen and oxygen atoms in total. The molecule has 27 heavy (non-hydrogen) atoms. The van der Waals surface area contributed by atoms with Crippen molar-refractivity contribution in [3.05, 3.63) is 42.2 Å². The first kappa shape index (κ1) is 18.8. The number of rotatable bonds is 6. The third-order valence-corrected chi connectivity index (χ3v) is 4.50. The molecule has 0 spiro atoms. The van der Waals surface area contributed by atoms with Gasteiger partial charge in [0, 0.05) is 49.8 Å². The average molecular weight is 368 g/mol. The van der Waals surface area contributed by atoms with E-state index in [4.69, 9.17) is 0 Å². The molecular weight excluding hydrogens is 344 g/mol. The predicted molar refractivity (Wildman–Crippen MR) is 104 cm³/mol. The number of carbonyl (C=O) groups excluding carboxylic acids is 2. The predicted octanol–water partition coefficient (Wildman–Crippen LogP) is 1.68. The highest BCUT2D eigenvalue weighted by molar-refractivity contribution is 5.94. The molecule has 1 aliphatic rings. The van der Waals surface area contributed by atoms with E-state index in [9.17, 15) is 9.59 Å². The lowest BCUT2D eigenvalue weighted by molar-refractivity contribution is -0.118. The Balaban J connectivity index is 1.59. The fourth-order valence-corrected chi connectivity index (χ4v) is 2.84. The zero-order valence-corrected chi connectivity index (χ0v) is 15.5. The lowest BCUT2D eigenvalue weighted by Gasteiger charge is -2.16. The van der Waals surface area contributed by atoms with E-state index in [1.54, 1.807) is 11.9 Å². The van der Waals surface area contributed by atoms with Crippen LogP contribution in [0.1, 0.15) is 30.1 Å². The zero-order valence-electron chi connectivity index (χ0n) is 15.5. The van der Waals surface area contributed by atoms with Crippen molar-refractivity contribution in [1.29, 1.82) is 0 Å². The largest absolute Gasteiger partial charge is 0.348 e. The first-order chi connectivity index (χ1) is 13.1. The molecule has 3 N–H and O–H groups in total. The van der Waals surface area contributed by atoms with Crippen molar-refractivity contribution in [2.45, 2.75) is 25.8 Å². The zero-order chi connectivity index (χ0) is 19.2. The highest BCUT2D eigenvalue weighted by Gasteiger charge is 2.18. The summed E-state index contributed by atoms with van der Waals surface area (Å²) in [6.07, 6.45) is 4.41. The second-order valence-corrected chi connectivity index (χ2v) is 6.44. The van der Waals surface area contributed by atoms with Crippen LogP contribution in [-0.4, -0.2) is 48.0 Å². The molecule has 0 saturated carbocycles. The fraction of sp³-hybridized carbons (Fsp3) is 0.368. The standard InChI is InChI=1S/C19H24N6O2/c1-3-17(26)25(2)16-6-4-14(5-7-16)24-19-21-10-13(11-22-19)18(27)23-15-8-9-20-12-15/h4-7,10-11,15,20H,3,8-9,12H2,1-2H3,(H,23,27)(H,21,22,24). The Morgan fingerprint density at radius 1 is 1.22 bits per heavy atom. The first-order valence-corrected chi connectivity index (χ1v) is 9.04. The average Bonchev–Trinajstić information content (AvgIpc) is 3.21. The van der Waals surface area contributed by atoms with Gasteiger partial charge in [-0.2, -0.15) is 0 Å². The minimum atomic E-state index is -0.164. The van der Waals surface area contributed by atoms with Gasteiger partial charge in [0.25, 0.3) is 5.91 Å². The second-order valence-electron chi connectivity index (χ2n) is 6.44. The van der Waals surface area contributed by atoms with Crippen LogP contribution < -0.4 is 20.9 Å². The first-order valence-electron chi connectivity index (χ1n) is 9.04. The molecule has 1 fully saturated rings. The van der Waals surface area contributed by atoms with Crippen LogP contribution in [-0.2, 0) is 4.79 Å².